The van der Waals surface area contributed by atoms with Gasteiger partial charge in [0.2, 0.25) is 0 Å². The second kappa shape index (κ2) is 6.92. The third-order valence-electron chi connectivity index (χ3n) is 3.35. The van der Waals surface area contributed by atoms with Crippen LogP contribution in [0.1, 0.15) is 31.1 Å². The van der Waals surface area contributed by atoms with E-state index in [0.29, 0.717) is 6.10 Å². The molecule has 1 unspecified atom stereocenters. The third-order valence-corrected chi connectivity index (χ3v) is 3.35. The van der Waals surface area contributed by atoms with Crippen LogP contribution in [0.2, 0.25) is 0 Å². The van der Waals surface area contributed by atoms with Crippen LogP contribution < -0.4 is 5.32 Å². The van der Waals surface area contributed by atoms with E-state index in [-0.39, 0.29) is 0 Å². The number of furan rings is 1. The average Bonchev–Trinajstić information content (AvgIpc) is 2.98. The van der Waals surface area contributed by atoms with Gasteiger partial charge in [0, 0.05) is 25.3 Å². The van der Waals surface area contributed by atoms with Crippen LogP contribution in [0.15, 0.2) is 16.7 Å². The minimum absolute atomic E-state index is 0.416. The summed E-state index contributed by atoms with van der Waals surface area (Å²) >= 11 is 0. The van der Waals surface area contributed by atoms with E-state index in [1.54, 1.807) is 6.26 Å². The van der Waals surface area contributed by atoms with Crippen LogP contribution in [0.3, 0.4) is 0 Å². The normalized spacial score (nSPS) is 19.8. The van der Waals surface area contributed by atoms with E-state index in [9.17, 15) is 0 Å². The van der Waals surface area contributed by atoms with Crippen LogP contribution in [-0.2, 0) is 17.8 Å². The number of hydrogen-bond donors (Lipinski definition) is 1. The highest BCUT2D eigenvalue weighted by Crippen LogP contribution is 2.16. The molecule has 0 amide bonds. The summed E-state index contributed by atoms with van der Waals surface area (Å²) in [6, 6.07) is 2.07. The van der Waals surface area contributed by atoms with Crippen molar-refractivity contribution < 1.29 is 9.15 Å². The second-order valence-corrected chi connectivity index (χ2v) is 4.98. The van der Waals surface area contributed by atoms with Gasteiger partial charge >= 0.3 is 0 Å². The Morgan fingerprint density at radius 1 is 1.50 bits per heavy atom. The van der Waals surface area contributed by atoms with Crippen LogP contribution in [0, 0.1) is 0 Å². The molecular weight excluding hydrogens is 228 g/mol. The molecule has 2 heterocycles. The highest BCUT2D eigenvalue weighted by molar-refractivity contribution is 5.16. The topological polar surface area (TPSA) is 37.6 Å². The van der Waals surface area contributed by atoms with Crippen LogP contribution in [0.5, 0.6) is 0 Å². The molecule has 4 nitrogen and oxygen atoms in total. The molecule has 1 atom stereocenters. The zero-order chi connectivity index (χ0) is 12.8. The van der Waals surface area contributed by atoms with E-state index in [0.717, 1.165) is 38.5 Å². The molecule has 18 heavy (non-hydrogen) atoms. The van der Waals surface area contributed by atoms with Gasteiger partial charge in [-0.1, -0.05) is 6.92 Å². The highest BCUT2D eigenvalue weighted by Gasteiger charge is 2.18. The smallest absolute Gasteiger partial charge is 0.122 e. The van der Waals surface area contributed by atoms with Crippen molar-refractivity contribution in [3.8, 4) is 0 Å². The zero-order valence-corrected chi connectivity index (χ0v) is 11.4. The Hall–Kier alpha value is -0.840. The molecule has 1 fully saturated rings. The first kappa shape index (κ1) is 13.6. The fourth-order valence-electron chi connectivity index (χ4n) is 2.39. The summed E-state index contributed by atoms with van der Waals surface area (Å²) in [6.45, 7) is 6.74. The molecule has 4 heteroatoms. The van der Waals surface area contributed by atoms with Crippen LogP contribution in [0.25, 0.3) is 0 Å². The van der Waals surface area contributed by atoms with Crippen molar-refractivity contribution in [1.82, 2.24) is 10.2 Å². The molecule has 0 saturated carbocycles. The lowest BCUT2D eigenvalue weighted by Crippen LogP contribution is -2.28. The maximum absolute atomic E-state index is 5.66. The maximum atomic E-state index is 5.66. The zero-order valence-electron chi connectivity index (χ0n) is 11.4. The molecule has 1 aromatic rings. The fourth-order valence-corrected chi connectivity index (χ4v) is 2.39. The molecule has 1 N–H and O–H groups in total. The summed E-state index contributed by atoms with van der Waals surface area (Å²) < 4.78 is 11.2. The molecule has 2 rings (SSSR count). The summed E-state index contributed by atoms with van der Waals surface area (Å²) in [5.74, 6) is 1.05. The lowest BCUT2D eigenvalue weighted by molar-refractivity contribution is 0.0791. The molecule has 1 saturated heterocycles. The van der Waals surface area contributed by atoms with Crippen molar-refractivity contribution in [2.75, 3.05) is 26.7 Å². The number of nitrogens with one attached hydrogen (secondary N) is 1. The third kappa shape index (κ3) is 3.83. The number of likely N-dealkylation sites (N-methyl/N-ethyl adjacent to an activating group) is 1. The molecule has 1 aliphatic heterocycles. The molecular formula is C14H24N2O2. The minimum Gasteiger partial charge on any atom is -0.468 e. The Morgan fingerprint density at radius 2 is 2.39 bits per heavy atom. The largest absolute Gasteiger partial charge is 0.468 e. The van der Waals surface area contributed by atoms with Gasteiger partial charge in [-0.05, 0) is 32.5 Å². The Labute approximate surface area is 109 Å². The van der Waals surface area contributed by atoms with Gasteiger partial charge in [0.25, 0.3) is 0 Å². The van der Waals surface area contributed by atoms with Gasteiger partial charge in [-0.25, -0.2) is 0 Å². The lowest BCUT2D eigenvalue weighted by Gasteiger charge is -2.20. The summed E-state index contributed by atoms with van der Waals surface area (Å²) in [4.78, 5) is 2.32. The first-order valence-corrected chi connectivity index (χ1v) is 6.85. The summed E-state index contributed by atoms with van der Waals surface area (Å²) in [7, 11) is 2.14. The Balaban J connectivity index is 1.81. The summed E-state index contributed by atoms with van der Waals surface area (Å²) in [5.41, 5.74) is 1.27. The quantitative estimate of drug-likeness (QED) is 0.805. The van der Waals surface area contributed by atoms with Gasteiger partial charge < -0.3 is 14.5 Å². The number of nitrogens with zero attached hydrogens (tertiary/aromatic N) is 1. The molecule has 0 aliphatic carbocycles. The fraction of sp³-hybridized carbons (Fsp3) is 0.714. The molecule has 0 bridgehead atoms. The van der Waals surface area contributed by atoms with Gasteiger partial charge in [0.05, 0.1) is 18.9 Å². The predicted octanol–water partition coefficient (Wildman–Crippen LogP) is 2.00. The molecule has 1 aliphatic rings. The van der Waals surface area contributed by atoms with Crippen molar-refractivity contribution in [3.05, 3.63) is 23.7 Å². The van der Waals surface area contributed by atoms with Crippen molar-refractivity contribution >= 4 is 0 Å². The van der Waals surface area contributed by atoms with E-state index in [1.807, 2.05) is 0 Å². The maximum Gasteiger partial charge on any atom is 0.122 e. The van der Waals surface area contributed by atoms with E-state index in [2.05, 4.69) is 30.3 Å². The SMILES string of the molecule is CCNCc1occc1CN(C)CC1CCCO1. The second-order valence-electron chi connectivity index (χ2n) is 4.98. The van der Waals surface area contributed by atoms with Crippen LogP contribution >= 0.6 is 0 Å². The average molecular weight is 252 g/mol. The number of rotatable bonds is 7. The van der Waals surface area contributed by atoms with Gasteiger partial charge in [0.15, 0.2) is 0 Å². The monoisotopic (exact) mass is 252 g/mol. The van der Waals surface area contributed by atoms with Crippen molar-refractivity contribution in [3.63, 3.8) is 0 Å². The van der Waals surface area contributed by atoms with Gasteiger partial charge in [-0.15, -0.1) is 0 Å². The van der Waals surface area contributed by atoms with E-state index in [4.69, 9.17) is 9.15 Å². The standard InChI is InChI=1S/C14H24N2O2/c1-3-15-9-14-12(6-8-18-14)10-16(2)11-13-5-4-7-17-13/h6,8,13,15H,3-5,7,9-11H2,1-2H3. The van der Waals surface area contributed by atoms with E-state index in [1.165, 1.54) is 18.4 Å². The molecule has 1 aromatic heterocycles. The lowest BCUT2D eigenvalue weighted by atomic mass is 10.2. The predicted molar refractivity (Wildman–Crippen MR) is 71.4 cm³/mol. The van der Waals surface area contributed by atoms with Gasteiger partial charge in [0.1, 0.15) is 5.76 Å². The first-order chi connectivity index (χ1) is 8.79. The summed E-state index contributed by atoms with van der Waals surface area (Å²) in [6.07, 6.45) is 4.59. The Kier molecular flexibility index (Phi) is 5.23. The minimum atomic E-state index is 0.416. The van der Waals surface area contributed by atoms with Crippen molar-refractivity contribution in [2.24, 2.45) is 0 Å². The highest BCUT2D eigenvalue weighted by atomic mass is 16.5. The molecule has 0 aromatic carbocycles. The van der Waals surface area contributed by atoms with Gasteiger partial charge in [-0.2, -0.15) is 0 Å². The Bertz CT molecular complexity index is 345. The van der Waals surface area contributed by atoms with E-state index < -0.39 is 0 Å². The van der Waals surface area contributed by atoms with E-state index >= 15 is 0 Å². The van der Waals surface area contributed by atoms with Crippen LogP contribution in [0.4, 0.5) is 0 Å². The number of ether oxygens (including phenoxy) is 1. The molecule has 0 radical (unpaired) electrons. The van der Waals surface area contributed by atoms with Crippen LogP contribution in [-0.4, -0.2) is 37.7 Å². The first-order valence-electron chi connectivity index (χ1n) is 6.85. The van der Waals surface area contributed by atoms with Gasteiger partial charge in [-0.3, -0.25) is 4.90 Å². The van der Waals surface area contributed by atoms with Crippen molar-refractivity contribution in [1.29, 1.82) is 0 Å². The number of hydrogen-bond acceptors (Lipinski definition) is 4. The Morgan fingerprint density at radius 3 is 3.11 bits per heavy atom. The van der Waals surface area contributed by atoms with Crippen molar-refractivity contribution in [2.45, 2.75) is 39.0 Å². The molecule has 0 spiro atoms. The molecule has 102 valence electrons. The summed E-state index contributed by atoms with van der Waals surface area (Å²) in [5, 5.41) is 3.30.